The van der Waals surface area contributed by atoms with E-state index >= 15 is 0 Å². The lowest BCUT2D eigenvalue weighted by Gasteiger charge is -2.37. The van der Waals surface area contributed by atoms with Crippen LogP contribution in [-0.4, -0.2) is 27.8 Å². The molecule has 44 heavy (non-hydrogen) atoms. The minimum atomic E-state index is -0.132. The fourth-order valence-corrected chi connectivity index (χ4v) is 8.21. The zero-order valence-corrected chi connectivity index (χ0v) is 27.2. The molecule has 0 amide bonds. The van der Waals surface area contributed by atoms with Crippen LogP contribution in [0, 0.1) is 25.7 Å². The Balaban J connectivity index is 1.34. The van der Waals surface area contributed by atoms with Crippen LogP contribution in [-0.2, 0) is 0 Å². The first-order chi connectivity index (χ1) is 21.3. The van der Waals surface area contributed by atoms with Crippen LogP contribution in [0.15, 0.2) is 91.1 Å². The van der Waals surface area contributed by atoms with Gasteiger partial charge in [-0.2, -0.15) is 0 Å². The molecule has 0 spiro atoms. The second-order valence-corrected chi connectivity index (χ2v) is 13.4. The lowest BCUT2D eigenvalue weighted by Crippen LogP contribution is -2.38. The van der Waals surface area contributed by atoms with Gasteiger partial charge in [-0.15, -0.1) is 0 Å². The lowest BCUT2D eigenvalue weighted by atomic mass is 9.91. The molecule has 0 aliphatic carbocycles. The van der Waals surface area contributed by atoms with Crippen molar-refractivity contribution in [3.05, 3.63) is 119 Å². The average Bonchev–Trinajstić information content (AvgIpc) is 3.51. The van der Waals surface area contributed by atoms with Crippen molar-refractivity contribution in [1.82, 2.24) is 14.9 Å². The highest BCUT2D eigenvalue weighted by molar-refractivity contribution is 7.80. The topological polar surface area (TPSA) is 36.3 Å². The van der Waals surface area contributed by atoms with Crippen LogP contribution in [0.4, 0.5) is 11.4 Å². The maximum atomic E-state index is 7.08. The molecule has 1 N–H and O–H groups in total. The molecule has 4 heterocycles. The number of fused-ring (bicyclic) bond motifs is 1. The van der Waals surface area contributed by atoms with E-state index in [4.69, 9.17) is 28.8 Å². The third-order valence-electron chi connectivity index (χ3n) is 9.31. The Hall–Kier alpha value is -3.87. The summed E-state index contributed by atoms with van der Waals surface area (Å²) in [6.07, 6.45) is 3.11. The number of aryl methyl sites for hydroxylation is 1. The van der Waals surface area contributed by atoms with Crippen molar-refractivity contribution in [3.8, 4) is 5.69 Å². The van der Waals surface area contributed by atoms with Crippen LogP contribution < -0.4 is 15.1 Å². The molecule has 2 aliphatic heterocycles. The molecule has 0 unspecified atom stereocenters. The molecule has 2 fully saturated rings. The van der Waals surface area contributed by atoms with Crippen molar-refractivity contribution in [3.63, 3.8) is 0 Å². The summed E-state index contributed by atoms with van der Waals surface area (Å²) in [5.41, 5.74) is 7.77. The molecule has 7 heteroatoms. The van der Waals surface area contributed by atoms with Gasteiger partial charge in [-0.1, -0.05) is 67.9 Å². The second-order valence-electron chi connectivity index (χ2n) is 12.6. The molecular weight excluding hydrogens is 582 g/mol. The van der Waals surface area contributed by atoms with Crippen molar-refractivity contribution >= 4 is 51.1 Å². The van der Waals surface area contributed by atoms with Gasteiger partial charge >= 0.3 is 0 Å². The molecular formula is C37H38ClN5S. The second kappa shape index (κ2) is 11.6. The van der Waals surface area contributed by atoms with E-state index in [0.29, 0.717) is 16.9 Å². The fraction of sp³-hybridized carbons (Fsp3) is 0.297. The minimum absolute atomic E-state index is 0.121. The summed E-state index contributed by atoms with van der Waals surface area (Å²) in [6, 6.07) is 29.7. The van der Waals surface area contributed by atoms with E-state index in [-0.39, 0.29) is 12.1 Å². The van der Waals surface area contributed by atoms with Gasteiger partial charge in [-0.05, 0) is 97.7 Å². The van der Waals surface area contributed by atoms with Crippen molar-refractivity contribution in [2.75, 3.05) is 22.9 Å². The molecule has 7 rings (SSSR count). The maximum absolute atomic E-state index is 7.08. The van der Waals surface area contributed by atoms with E-state index < -0.39 is 0 Å². The number of nitrogens with one attached hydrogen (secondary N) is 1. The highest BCUT2D eigenvalue weighted by atomic mass is 35.5. The summed E-state index contributed by atoms with van der Waals surface area (Å²) in [6.45, 7) is 11.1. The molecule has 3 aromatic carbocycles. The van der Waals surface area contributed by atoms with E-state index in [1.807, 2.05) is 18.3 Å². The normalized spacial score (nSPS) is 22.1. The third kappa shape index (κ3) is 5.04. The quantitative estimate of drug-likeness (QED) is 0.199. The van der Waals surface area contributed by atoms with Crippen molar-refractivity contribution < 1.29 is 0 Å². The molecule has 4 atom stereocenters. The number of halogens is 1. The van der Waals surface area contributed by atoms with E-state index in [1.54, 1.807) is 0 Å². The van der Waals surface area contributed by atoms with Gasteiger partial charge in [0.25, 0.3) is 0 Å². The number of aromatic nitrogens is 2. The maximum Gasteiger partial charge on any atom is 0.174 e. The van der Waals surface area contributed by atoms with Crippen molar-refractivity contribution in [2.24, 2.45) is 11.8 Å². The van der Waals surface area contributed by atoms with Gasteiger partial charge in [-0.3, -0.25) is 4.98 Å². The number of hydrogen-bond donors (Lipinski definition) is 1. The zero-order chi connectivity index (χ0) is 30.5. The van der Waals surface area contributed by atoms with Crippen LogP contribution >= 0.6 is 23.8 Å². The van der Waals surface area contributed by atoms with Gasteiger partial charge in [0.2, 0.25) is 0 Å². The predicted octanol–water partition coefficient (Wildman–Crippen LogP) is 8.96. The van der Waals surface area contributed by atoms with Crippen LogP contribution in [0.2, 0.25) is 5.02 Å². The van der Waals surface area contributed by atoms with E-state index in [0.717, 1.165) is 35.2 Å². The smallest absolute Gasteiger partial charge is 0.174 e. The number of thiocarbonyl (C=S) groups is 1. The van der Waals surface area contributed by atoms with Gasteiger partial charge in [0.05, 0.1) is 34.2 Å². The van der Waals surface area contributed by atoms with Gasteiger partial charge < -0.3 is 19.7 Å². The third-order valence-corrected chi connectivity index (χ3v) is 9.93. The highest BCUT2D eigenvalue weighted by Crippen LogP contribution is 2.45. The molecule has 0 radical (unpaired) electrons. The first kappa shape index (κ1) is 28.9. The Bertz CT molecular complexity index is 1830. The summed E-state index contributed by atoms with van der Waals surface area (Å²) in [7, 11) is 0. The molecule has 0 saturated carbocycles. The Labute approximate surface area is 270 Å². The number of nitrogens with zero attached hydrogens (tertiary/aromatic N) is 4. The number of hydrogen-bond acceptors (Lipinski definition) is 3. The molecule has 2 aromatic heterocycles. The van der Waals surface area contributed by atoms with Crippen LogP contribution in [0.25, 0.3) is 16.5 Å². The molecule has 5 nitrogen and oxygen atoms in total. The first-order valence-electron chi connectivity index (χ1n) is 15.5. The number of rotatable bonds is 5. The SMILES string of the molecule is Cc1cc([C@@H]2[C@H](c3ccccn3)NC(=S)N2c2ccc(N3C[C@H](C)C[C@@H](C)C3)c(Cl)c2)c(C)n1-c1cccc2ccccc12. The van der Waals surface area contributed by atoms with Gasteiger partial charge in [0, 0.05) is 41.7 Å². The monoisotopic (exact) mass is 619 g/mol. The average molecular weight is 620 g/mol. The number of pyridine rings is 1. The summed E-state index contributed by atoms with van der Waals surface area (Å²) in [4.78, 5) is 9.45. The van der Waals surface area contributed by atoms with E-state index in [1.165, 1.54) is 39.8 Å². The number of anilines is 2. The molecule has 2 aliphatic rings. The molecule has 224 valence electrons. The van der Waals surface area contributed by atoms with Gasteiger partial charge in [0.15, 0.2) is 5.11 Å². The van der Waals surface area contributed by atoms with Crippen LogP contribution in [0.3, 0.4) is 0 Å². The van der Waals surface area contributed by atoms with Crippen LogP contribution in [0.1, 0.15) is 55.0 Å². The minimum Gasteiger partial charge on any atom is -0.370 e. The number of piperidine rings is 1. The Morgan fingerprint density at radius 2 is 1.61 bits per heavy atom. The number of benzene rings is 3. The van der Waals surface area contributed by atoms with E-state index in [9.17, 15) is 0 Å². The van der Waals surface area contributed by atoms with E-state index in [2.05, 4.69) is 120 Å². The fourth-order valence-electron chi connectivity index (χ4n) is 7.57. The lowest BCUT2D eigenvalue weighted by molar-refractivity contribution is 0.357. The summed E-state index contributed by atoms with van der Waals surface area (Å²) in [5, 5.41) is 7.51. The molecule has 5 aromatic rings. The first-order valence-corrected chi connectivity index (χ1v) is 16.3. The van der Waals surface area contributed by atoms with Crippen molar-refractivity contribution in [2.45, 2.75) is 46.2 Å². The Morgan fingerprint density at radius 3 is 2.36 bits per heavy atom. The summed E-state index contributed by atoms with van der Waals surface area (Å²) < 4.78 is 2.38. The Morgan fingerprint density at radius 1 is 0.864 bits per heavy atom. The van der Waals surface area contributed by atoms with Gasteiger partial charge in [0.1, 0.15) is 0 Å². The summed E-state index contributed by atoms with van der Waals surface area (Å²) >= 11 is 13.2. The Kier molecular flexibility index (Phi) is 7.59. The highest BCUT2D eigenvalue weighted by Gasteiger charge is 2.42. The zero-order valence-electron chi connectivity index (χ0n) is 25.7. The molecule has 0 bridgehead atoms. The summed E-state index contributed by atoms with van der Waals surface area (Å²) in [5.74, 6) is 1.29. The molecule has 2 saturated heterocycles. The standard InChI is InChI=1S/C37H38ClN5S/c1-23-18-24(2)22-41(21-23)34-16-15-28(20-31(34)38)43-36(35(40-37(43)44)32-13-7-8-17-39-32)30-19-25(3)42(26(30)4)33-14-9-11-27-10-5-6-12-29(27)33/h5-17,19-20,23-24,35-36H,18,21-22H2,1-4H3,(H,40,44)/t23-,24-,35+,36-/m1/s1. The van der Waals surface area contributed by atoms with Crippen LogP contribution in [0.5, 0.6) is 0 Å². The van der Waals surface area contributed by atoms with Crippen molar-refractivity contribution in [1.29, 1.82) is 0 Å². The predicted molar refractivity (Wildman–Crippen MR) is 187 cm³/mol. The van der Waals surface area contributed by atoms with Gasteiger partial charge in [-0.25, -0.2) is 0 Å². The largest absolute Gasteiger partial charge is 0.370 e.